The van der Waals surface area contributed by atoms with Crippen LogP contribution in [0.2, 0.25) is 0 Å². The molecule has 0 amide bonds. The van der Waals surface area contributed by atoms with Crippen LogP contribution >= 0.6 is 0 Å². The molecule has 2 aromatic carbocycles. The average Bonchev–Trinajstić information content (AvgIpc) is 2.86. The fraction of sp³-hybridized carbons (Fsp3) is 0.462. The number of benzene rings is 2. The minimum absolute atomic E-state index is 0.417. The smallest absolute Gasteiger partial charge is 0.339 e. The van der Waals surface area contributed by atoms with Crippen LogP contribution in [-0.2, 0) is 32.2 Å². The second kappa shape index (κ2) is 14.0. The molecule has 0 fully saturated rings. The molecule has 0 saturated carbocycles. The Bertz CT molecular complexity index is 946. The van der Waals surface area contributed by atoms with Crippen molar-refractivity contribution in [2.24, 2.45) is 11.5 Å². The van der Waals surface area contributed by atoms with Crippen molar-refractivity contribution in [3.8, 4) is 0 Å². The summed E-state index contributed by atoms with van der Waals surface area (Å²) in [6.45, 7) is 4.38. The maximum absolute atomic E-state index is 12.5. The molecule has 0 aliphatic heterocycles. The predicted octanol–water partition coefficient (Wildman–Crippen LogP) is 0.405. The summed E-state index contributed by atoms with van der Waals surface area (Å²) in [5, 5.41) is 20.5. The van der Waals surface area contributed by atoms with Crippen LogP contribution in [0, 0.1) is 0 Å². The molecular weight excluding hydrogens is 464 g/mol. The molecular formula is C26H38N4O6. The maximum atomic E-state index is 12.5. The fourth-order valence-corrected chi connectivity index (χ4v) is 3.58. The second-order valence-corrected chi connectivity index (χ2v) is 9.02. The third-order valence-corrected chi connectivity index (χ3v) is 5.88. The van der Waals surface area contributed by atoms with Crippen LogP contribution in [0.3, 0.4) is 0 Å². The van der Waals surface area contributed by atoms with Crippen molar-refractivity contribution in [1.29, 1.82) is 0 Å². The molecule has 0 radical (unpaired) electrons. The summed E-state index contributed by atoms with van der Waals surface area (Å²) in [7, 11) is 3.52. The number of aliphatic hydroxyl groups is 2. The van der Waals surface area contributed by atoms with Crippen molar-refractivity contribution < 1.29 is 29.3 Å². The Morgan fingerprint density at radius 3 is 1.64 bits per heavy atom. The van der Waals surface area contributed by atoms with Crippen molar-refractivity contribution in [1.82, 2.24) is 9.80 Å². The number of ether oxygens (including phenoxy) is 2. The summed E-state index contributed by atoms with van der Waals surface area (Å²) < 4.78 is 10.5. The van der Waals surface area contributed by atoms with Gasteiger partial charge in [0.15, 0.2) is 24.7 Å². The number of carbonyl (C=O) groups is 2. The number of hydrogen-bond acceptors (Lipinski definition) is 10. The minimum atomic E-state index is -2.18. The first-order valence-corrected chi connectivity index (χ1v) is 11.8. The fourth-order valence-electron chi connectivity index (χ4n) is 3.58. The Hall–Kier alpha value is -2.86. The first-order chi connectivity index (χ1) is 17.0. The Balaban J connectivity index is 1.92. The van der Waals surface area contributed by atoms with Gasteiger partial charge < -0.3 is 25.4 Å². The van der Waals surface area contributed by atoms with E-state index in [0.29, 0.717) is 13.1 Å². The second-order valence-electron chi connectivity index (χ2n) is 9.02. The number of esters is 2. The molecule has 0 bridgehead atoms. The molecule has 0 heterocycles. The lowest BCUT2D eigenvalue weighted by molar-refractivity contribution is -0.186. The first kappa shape index (κ1) is 29.4. The van der Waals surface area contributed by atoms with Crippen LogP contribution in [0.1, 0.15) is 25.0 Å². The Labute approximate surface area is 212 Å². The first-order valence-electron chi connectivity index (χ1n) is 11.8. The van der Waals surface area contributed by atoms with Gasteiger partial charge in [-0.05, 0) is 39.1 Å². The van der Waals surface area contributed by atoms with Crippen LogP contribution in [0.4, 0.5) is 0 Å². The normalized spacial score (nSPS) is 16.6. The standard InChI is InChI=1S/C26H38N4O6/c1-17(27)24(30(4)16-20-13-9-6-10-14-20)36-26(34)22(32)21(31)25(33)35-23(28)18(2)29(3)15-19-11-7-5-8-12-19/h5-14,17-18,21-24,31-32H,15-16,27-28H2,1-4H3/t17-,18-,21?,22?,23?,24?/m0/s1. The summed E-state index contributed by atoms with van der Waals surface area (Å²) in [6, 6.07) is 18.1. The highest BCUT2D eigenvalue weighted by molar-refractivity contribution is 5.85. The van der Waals surface area contributed by atoms with Gasteiger partial charge >= 0.3 is 11.9 Å². The highest BCUT2D eigenvalue weighted by Gasteiger charge is 2.37. The van der Waals surface area contributed by atoms with Gasteiger partial charge in [-0.3, -0.25) is 15.5 Å². The molecule has 6 atom stereocenters. The number of aliphatic hydroxyl groups excluding tert-OH is 2. The lowest BCUT2D eigenvalue weighted by atomic mass is 10.1. The number of nitrogens with zero attached hydrogens (tertiary/aromatic N) is 2. The monoisotopic (exact) mass is 502 g/mol. The van der Waals surface area contributed by atoms with Gasteiger partial charge in [0.25, 0.3) is 0 Å². The third kappa shape index (κ3) is 8.66. The molecule has 10 heteroatoms. The van der Waals surface area contributed by atoms with Gasteiger partial charge in [-0.25, -0.2) is 9.59 Å². The van der Waals surface area contributed by atoms with E-state index in [9.17, 15) is 19.8 Å². The van der Waals surface area contributed by atoms with E-state index >= 15 is 0 Å². The van der Waals surface area contributed by atoms with Crippen LogP contribution < -0.4 is 11.5 Å². The van der Waals surface area contributed by atoms with E-state index in [1.807, 2.05) is 72.6 Å². The van der Waals surface area contributed by atoms with Crippen molar-refractivity contribution in [3.63, 3.8) is 0 Å². The molecule has 0 aromatic heterocycles. The van der Waals surface area contributed by atoms with Crippen molar-refractivity contribution in [2.45, 2.75) is 63.7 Å². The summed E-state index contributed by atoms with van der Waals surface area (Å²) in [4.78, 5) is 28.5. The molecule has 36 heavy (non-hydrogen) atoms. The molecule has 2 rings (SSSR count). The van der Waals surface area contributed by atoms with Crippen molar-refractivity contribution >= 4 is 11.9 Å². The Kier molecular flexibility index (Phi) is 11.4. The highest BCUT2D eigenvalue weighted by atomic mass is 16.6. The topological polar surface area (TPSA) is 152 Å². The van der Waals surface area contributed by atoms with Gasteiger partial charge in [-0.1, -0.05) is 60.7 Å². The maximum Gasteiger partial charge on any atom is 0.339 e. The quantitative estimate of drug-likeness (QED) is 0.224. The highest BCUT2D eigenvalue weighted by Crippen LogP contribution is 2.13. The lowest BCUT2D eigenvalue weighted by Gasteiger charge is -2.32. The number of hydrogen-bond donors (Lipinski definition) is 4. The van der Waals surface area contributed by atoms with Crippen molar-refractivity contribution in [2.75, 3.05) is 14.1 Å². The van der Waals surface area contributed by atoms with E-state index in [0.717, 1.165) is 11.1 Å². The molecule has 2 aromatic rings. The number of rotatable bonds is 13. The van der Waals surface area contributed by atoms with E-state index in [1.165, 1.54) is 0 Å². The minimum Gasteiger partial charge on any atom is -0.443 e. The van der Waals surface area contributed by atoms with Crippen LogP contribution in [0.15, 0.2) is 60.7 Å². The van der Waals surface area contributed by atoms with E-state index in [4.69, 9.17) is 20.9 Å². The van der Waals surface area contributed by atoms with Gasteiger partial charge in [-0.2, -0.15) is 0 Å². The molecule has 198 valence electrons. The van der Waals surface area contributed by atoms with E-state index < -0.39 is 48.7 Å². The van der Waals surface area contributed by atoms with E-state index in [1.54, 1.807) is 25.8 Å². The molecule has 0 saturated heterocycles. The third-order valence-electron chi connectivity index (χ3n) is 5.88. The van der Waals surface area contributed by atoms with E-state index in [2.05, 4.69) is 0 Å². The Morgan fingerprint density at radius 2 is 1.19 bits per heavy atom. The van der Waals surface area contributed by atoms with Crippen LogP contribution in [0.5, 0.6) is 0 Å². The van der Waals surface area contributed by atoms with Gasteiger partial charge in [0.2, 0.25) is 0 Å². The van der Waals surface area contributed by atoms with E-state index in [-0.39, 0.29) is 0 Å². The summed E-state index contributed by atoms with van der Waals surface area (Å²) in [5.41, 5.74) is 14.0. The number of nitrogens with two attached hydrogens (primary N) is 2. The molecule has 6 N–H and O–H groups in total. The zero-order valence-corrected chi connectivity index (χ0v) is 21.2. The predicted molar refractivity (Wildman–Crippen MR) is 135 cm³/mol. The zero-order chi connectivity index (χ0) is 26.8. The molecule has 0 aliphatic carbocycles. The van der Waals surface area contributed by atoms with Crippen molar-refractivity contribution in [3.05, 3.63) is 71.8 Å². The summed E-state index contributed by atoms with van der Waals surface area (Å²) in [6.07, 6.45) is -6.38. The Morgan fingerprint density at radius 1 is 0.778 bits per heavy atom. The van der Waals surface area contributed by atoms with Crippen LogP contribution in [0.25, 0.3) is 0 Å². The number of carbonyl (C=O) groups excluding carboxylic acids is 2. The lowest BCUT2D eigenvalue weighted by Crippen LogP contribution is -2.52. The molecule has 10 nitrogen and oxygen atoms in total. The van der Waals surface area contributed by atoms with Gasteiger partial charge in [0, 0.05) is 13.1 Å². The van der Waals surface area contributed by atoms with Gasteiger partial charge in [0.1, 0.15) is 0 Å². The average molecular weight is 503 g/mol. The zero-order valence-electron chi connectivity index (χ0n) is 21.2. The molecule has 4 unspecified atom stereocenters. The largest absolute Gasteiger partial charge is 0.443 e. The summed E-state index contributed by atoms with van der Waals surface area (Å²) in [5.74, 6) is -2.44. The van der Waals surface area contributed by atoms with Crippen LogP contribution in [-0.4, -0.2) is 82.8 Å². The van der Waals surface area contributed by atoms with Gasteiger partial charge in [0.05, 0.1) is 12.1 Å². The number of likely N-dealkylation sites (N-methyl/N-ethyl adjacent to an activating group) is 2. The molecule has 0 aliphatic rings. The van der Waals surface area contributed by atoms with Gasteiger partial charge in [-0.15, -0.1) is 0 Å². The molecule has 0 spiro atoms. The SMILES string of the molecule is C[C@H](N)C(OC(=O)C(O)C(O)C(=O)OC(N)[C@H](C)N(C)Cc1ccccc1)N(C)Cc1ccccc1. The summed E-state index contributed by atoms with van der Waals surface area (Å²) >= 11 is 0.